The van der Waals surface area contributed by atoms with Crippen molar-refractivity contribution in [1.29, 1.82) is 0 Å². The Morgan fingerprint density at radius 2 is 1.83 bits per heavy atom. The van der Waals surface area contributed by atoms with Crippen molar-refractivity contribution in [2.45, 2.75) is 59.3 Å². The highest BCUT2D eigenvalue weighted by atomic mass is 16.6. The second kappa shape index (κ2) is 8.32. The summed E-state index contributed by atoms with van der Waals surface area (Å²) < 4.78 is 10.6. The van der Waals surface area contributed by atoms with Gasteiger partial charge in [-0.3, -0.25) is 0 Å². The normalized spacial score (nSPS) is 13.5. The number of alkyl carbamates (subject to hydrolysis) is 1. The van der Waals surface area contributed by atoms with E-state index in [2.05, 4.69) is 10.6 Å². The zero-order chi connectivity index (χ0) is 14.2. The molecular formula is C13H28N2O3. The van der Waals surface area contributed by atoms with Crippen LogP contribution in [0.3, 0.4) is 0 Å². The lowest BCUT2D eigenvalue weighted by atomic mass is 10.2. The summed E-state index contributed by atoms with van der Waals surface area (Å²) in [7, 11) is 0. The third-order valence-corrected chi connectivity index (χ3v) is 2.00. The first kappa shape index (κ1) is 17.2. The Kier molecular flexibility index (Phi) is 7.95. The number of hydrogen-bond donors (Lipinski definition) is 2. The number of amides is 1. The molecule has 0 aromatic heterocycles. The predicted octanol–water partition coefficient (Wildman–Crippen LogP) is 1.91. The van der Waals surface area contributed by atoms with Gasteiger partial charge in [-0.2, -0.15) is 0 Å². The minimum absolute atomic E-state index is 0.188. The Labute approximate surface area is 111 Å². The van der Waals surface area contributed by atoms with E-state index >= 15 is 0 Å². The first-order valence-corrected chi connectivity index (χ1v) is 6.52. The van der Waals surface area contributed by atoms with Gasteiger partial charge in [0.1, 0.15) is 5.60 Å². The van der Waals surface area contributed by atoms with Crippen LogP contribution in [0.2, 0.25) is 0 Å². The van der Waals surface area contributed by atoms with E-state index in [4.69, 9.17) is 9.47 Å². The SMILES string of the molecule is CC(CNC(=O)OC(C)(C)C)NCCOC(C)C. The Bertz CT molecular complexity index is 237. The topological polar surface area (TPSA) is 59.6 Å². The van der Waals surface area contributed by atoms with E-state index in [0.29, 0.717) is 13.2 Å². The van der Waals surface area contributed by atoms with E-state index in [1.165, 1.54) is 0 Å². The molecule has 0 aliphatic rings. The third kappa shape index (κ3) is 11.7. The lowest BCUT2D eigenvalue weighted by molar-refractivity contribution is 0.0521. The van der Waals surface area contributed by atoms with Crippen molar-refractivity contribution < 1.29 is 14.3 Å². The molecule has 5 nitrogen and oxygen atoms in total. The van der Waals surface area contributed by atoms with Gasteiger partial charge < -0.3 is 20.1 Å². The van der Waals surface area contributed by atoms with Gasteiger partial charge in [-0.15, -0.1) is 0 Å². The van der Waals surface area contributed by atoms with E-state index in [1.807, 2.05) is 41.5 Å². The van der Waals surface area contributed by atoms with Gasteiger partial charge in [0.05, 0.1) is 12.7 Å². The second-order valence-electron chi connectivity index (χ2n) is 5.66. The maximum Gasteiger partial charge on any atom is 0.407 e. The van der Waals surface area contributed by atoms with Crippen molar-refractivity contribution in [3.63, 3.8) is 0 Å². The van der Waals surface area contributed by atoms with E-state index in [1.54, 1.807) is 0 Å². The molecule has 0 aromatic carbocycles. The Morgan fingerprint density at radius 1 is 1.22 bits per heavy atom. The monoisotopic (exact) mass is 260 g/mol. The van der Waals surface area contributed by atoms with Gasteiger partial charge in [0.25, 0.3) is 0 Å². The molecule has 18 heavy (non-hydrogen) atoms. The number of carbonyl (C=O) groups excluding carboxylic acids is 1. The molecular weight excluding hydrogens is 232 g/mol. The largest absolute Gasteiger partial charge is 0.444 e. The quantitative estimate of drug-likeness (QED) is 0.687. The summed E-state index contributed by atoms with van der Waals surface area (Å²) in [5.41, 5.74) is -0.453. The average Bonchev–Trinajstić information content (AvgIpc) is 2.19. The number of ether oxygens (including phenoxy) is 2. The fourth-order valence-corrected chi connectivity index (χ4v) is 1.22. The molecule has 5 heteroatoms. The summed E-state index contributed by atoms with van der Waals surface area (Å²) in [6.07, 6.45) is -0.128. The molecule has 0 fully saturated rings. The predicted molar refractivity (Wildman–Crippen MR) is 72.8 cm³/mol. The van der Waals surface area contributed by atoms with Gasteiger partial charge in [0.15, 0.2) is 0 Å². The van der Waals surface area contributed by atoms with Crippen molar-refractivity contribution in [3.8, 4) is 0 Å². The Morgan fingerprint density at radius 3 is 2.33 bits per heavy atom. The highest BCUT2D eigenvalue weighted by molar-refractivity contribution is 5.67. The lowest BCUT2D eigenvalue weighted by Crippen LogP contribution is -2.42. The number of nitrogens with one attached hydrogen (secondary N) is 2. The molecule has 1 amide bonds. The summed E-state index contributed by atoms with van der Waals surface area (Å²) in [4.78, 5) is 11.4. The highest BCUT2D eigenvalue weighted by Gasteiger charge is 2.16. The molecule has 0 aliphatic carbocycles. The molecule has 0 radical (unpaired) electrons. The molecule has 0 rings (SSSR count). The standard InChI is InChI=1S/C13H28N2O3/c1-10(2)17-8-7-14-11(3)9-15-12(16)18-13(4,5)6/h10-11,14H,7-9H2,1-6H3,(H,15,16). The molecule has 0 bridgehead atoms. The molecule has 0 aliphatic heterocycles. The third-order valence-electron chi connectivity index (χ3n) is 2.00. The molecule has 0 saturated heterocycles. The highest BCUT2D eigenvalue weighted by Crippen LogP contribution is 2.06. The van der Waals surface area contributed by atoms with E-state index < -0.39 is 5.60 Å². The second-order valence-corrected chi connectivity index (χ2v) is 5.66. The first-order valence-electron chi connectivity index (χ1n) is 6.52. The molecule has 0 spiro atoms. The van der Waals surface area contributed by atoms with Gasteiger partial charge in [-0.1, -0.05) is 0 Å². The fraction of sp³-hybridized carbons (Fsp3) is 0.923. The van der Waals surface area contributed by atoms with Crippen LogP contribution in [0.15, 0.2) is 0 Å². The van der Waals surface area contributed by atoms with E-state index in [0.717, 1.165) is 6.54 Å². The summed E-state index contributed by atoms with van der Waals surface area (Å²) in [6.45, 7) is 13.5. The van der Waals surface area contributed by atoms with Gasteiger partial charge in [0.2, 0.25) is 0 Å². The smallest absolute Gasteiger partial charge is 0.407 e. The zero-order valence-electron chi connectivity index (χ0n) is 12.5. The minimum atomic E-state index is -0.453. The number of hydrogen-bond acceptors (Lipinski definition) is 4. The molecule has 2 N–H and O–H groups in total. The number of carbonyl (C=O) groups is 1. The van der Waals surface area contributed by atoms with E-state index in [9.17, 15) is 4.79 Å². The molecule has 108 valence electrons. The molecule has 1 atom stereocenters. The molecule has 0 heterocycles. The van der Waals surface area contributed by atoms with Gasteiger partial charge >= 0.3 is 6.09 Å². The maximum absolute atomic E-state index is 11.4. The summed E-state index contributed by atoms with van der Waals surface area (Å²) >= 11 is 0. The minimum Gasteiger partial charge on any atom is -0.444 e. The van der Waals surface area contributed by atoms with Crippen molar-refractivity contribution in [1.82, 2.24) is 10.6 Å². The van der Waals surface area contributed by atoms with E-state index in [-0.39, 0.29) is 18.2 Å². The van der Waals surface area contributed by atoms with Crippen LogP contribution in [0.4, 0.5) is 4.79 Å². The Hall–Kier alpha value is -0.810. The molecule has 0 aromatic rings. The van der Waals surface area contributed by atoms with Crippen LogP contribution in [0.1, 0.15) is 41.5 Å². The van der Waals surface area contributed by atoms with Crippen LogP contribution in [0.5, 0.6) is 0 Å². The molecule has 0 saturated carbocycles. The first-order chi connectivity index (χ1) is 8.20. The fourth-order valence-electron chi connectivity index (χ4n) is 1.22. The van der Waals surface area contributed by atoms with Crippen molar-refractivity contribution in [3.05, 3.63) is 0 Å². The number of rotatable bonds is 7. The Balaban J connectivity index is 3.58. The lowest BCUT2D eigenvalue weighted by Gasteiger charge is -2.21. The van der Waals surface area contributed by atoms with Crippen LogP contribution in [0.25, 0.3) is 0 Å². The molecule has 1 unspecified atom stereocenters. The summed E-state index contributed by atoms with van der Waals surface area (Å²) in [6, 6.07) is 0.188. The van der Waals surface area contributed by atoms with Crippen LogP contribution in [-0.2, 0) is 9.47 Å². The van der Waals surface area contributed by atoms with Crippen LogP contribution in [-0.4, -0.2) is 43.5 Å². The summed E-state index contributed by atoms with van der Waals surface area (Å²) in [5.74, 6) is 0. The van der Waals surface area contributed by atoms with Crippen molar-refractivity contribution >= 4 is 6.09 Å². The van der Waals surface area contributed by atoms with Crippen LogP contribution in [0, 0.1) is 0 Å². The average molecular weight is 260 g/mol. The summed E-state index contributed by atoms with van der Waals surface area (Å²) in [5, 5.41) is 5.99. The van der Waals surface area contributed by atoms with Gasteiger partial charge in [0, 0.05) is 19.1 Å². The zero-order valence-corrected chi connectivity index (χ0v) is 12.5. The van der Waals surface area contributed by atoms with Crippen molar-refractivity contribution in [2.24, 2.45) is 0 Å². The van der Waals surface area contributed by atoms with Crippen LogP contribution >= 0.6 is 0 Å². The maximum atomic E-state index is 11.4. The van der Waals surface area contributed by atoms with Gasteiger partial charge in [-0.05, 0) is 41.5 Å². The van der Waals surface area contributed by atoms with Crippen molar-refractivity contribution in [2.75, 3.05) is 19.7 Å². The van der Waals surface area contributed by atoms with Crippen LogP contribution < -0.4 is 10.6 Å². The van der Waals surface area contributed by atoms with Gasteiger partial charge in [-0.25, -0.2) is 4.79 Å².